The zero-order chi connectivity index (χ0) is 40.5. The molecular formula is C43H54N2O11. The molecule has 0 amide bonds. The van der Waals surface area contributed by atoms with Gasteiger partial charge >= 0.3 is 11.9 Å². The molecule has 0 saturated carbocycles. The molecule has 56 heavy (non-hydrogen) atoms. The Morgan fingerprint density at radius 1 is 0.732 bits per heavy atom. The largest absolute Gasteiger partial charge is 0.457 e. The molecule has 0 spiro atoms. The van der Waals surface area contributed by atoms with Gasteiger partial charge in [0.1, 0.15) is 49.2 Å². The lowest BCUT2D eigenvalue weighted by Crippen LogP contribution is -2.42. The number of aliphatic hydroxyl groups excluding tert-OH is 2. The van der Waals surface area contributed by atoms with E-state index in [1.807, 2.05) is 84.1 Å². The van der Waals surface area contributed by atoms with Gasteiger partial charge in [0.2, 0.25) is 5.89 Å². The monoisotopic (exact) mass is 774 g/mol. The molecule has 2 unspecified atom stereocenters. The first kappa shape index (κ1) is 42.5. The summed E-state index contributed by atoms with van der Waals surface area (Å²) in [5, 5.41) is 21.9. The van der Waals surface area contributed by atoms with Crippen molar-refractivity contribution < 1.29 is 52.3 Å². The fraction of sp³-hybridized carbons (Fsp3) is 0.488. The number of aliphatic hydroxyl groups is 2. The molecule has 5 heterocycles. The molecule has 2 N–H and O–H groups in total. The molecule has 0 aliphatic carbocycles. The van der Waals surface area contributed by atoms with Crippen molar-refractivity contribution in [2.75, 3.05) is 7.11 Å². The molecule has 5 rings (SSSR count). The van der Waals surface area contributed by atoms with Gasteiger partial charge in [-0.25, -0.2) is 19.6 Å². The van der Waals surface area contributed by atoms with Gasteiger partial charge in [-0.2, -0.15) is 0 Å². The van der Waals surface area contributed by atoms with Crippen LogP contribution >= 0.6 is 0 Å². The van der Waals surface area contributed by atoms with Crippen molar-refractivity contribution in [3.05, 3.63) is 115 Å². The number of oxazole rings is 2. The highest BCUT2D eigenvalue weighted by Gasteiger charge is 2.41. The number of carbonyl (C=O) groups excluding carboxylic acids is 2. The lowest BCUT2D eigenvalue weighted by atomic mass is 9.79. The normalized spacial score (nSPS) is 30.9. The van der Waals surface area contributed by atoms with E-state index in [-0.39, 0.29) is 54.0 Å². The van der Waals surface area contributed by atoms with E-state index in [1.165, 1.54) is 12.5 Å². The standard InChI is InChI=1S/C43H54N2O11/c1-8-14-34(46)42(3,4)36-20-13-18-32-33(54-32)23-22-27(50-7)24-39-45-29(26-52-39)41(49)56-37(43(5,6)35(47)15-9-2)19-12-17-31-30(53-31)16-10-11-21-38-44-28(25-51-38)40(48)55-36/h8-18,21-23,25-27,30-37,46-47H,19-20,24H2,1-7H3/b14-8+,15-9+,16-10+,17-12-,18-13-,21-11-,23-22+/t27-,30-,31+,32?,33?,34-,35-,36-,37-/m0/s1. The SMILES string of the molecule is C/C=C/[C@H](O)C(C)(C)[C@@H]1C/C=C\C2OC2/C=C/[C@H](OC)Cc2nc(co2)C(=O)O[C@H](C(C)(C)[C@@H](O)/C=C/C)C/C=C\[C@H]2O[C@H]2/C=C/C=C\c2nc(co2)C(=O)O1. The topological polar surface area (TPSA) is 179 Å². The highest BCUT2D eigenvalue weighted by atomic mass is 16.6. The van der Waals surface area contributed by atoms with Crippen LogP contribution < -0.4 is 0 Å². The first-order valence-corrected chi connectivity index (χ1v) is 18.9. The number of allylic oxidation sites excluding steroid dienone is 4. The number of aromatic nitrogens is 2. The number of nitrogens with zero attached hydrogens (tertiary/aromatic N) is 2. The minimum Gasteiger partial charge on any atom is -0.457 e. The van der Waals surface area contributed by atoms with Crippen LogP contribution in [0.4, 0.5) is 0 Å². The molecule has 2 aromatic rings. The number of hydrogen-bond acceptors (Lipinski definition) is 13. The Bertz CT molecular complexity index is 1840. The van der Waals surface area contributed by atoms with Crippen molar-refractivity contribution in [2.45, 2.75) is 116 Å². The van der Waals surface area contributed by atoms with Crippen molar-refractivity contribution >= 4 is 18.0 Å². The first-order chi connectivity index (χ1) is 26.8. The van der Waals surface area contributed by atoms with E-state index in [1.54, 1.807) is 49.6 Å². The minimum absolute atomic E-state index is 0.00381. The van der Waals surface area contributed by atoms with Gasteiger partial charge in [0.15, 0.2) is 17.3 Å². The second-order valence-electron chi connectivity index (χ2n) is 15.1. The van der Waals surface area contributed by atoms with E-state index >= 15 is 0 Å². The fourth-order valence-electron chi connectivity index (χ4n) is 6.10. The Labute approximate surface area is 328 Å². The molecular weight excluding hydrogens is 720 g/mol. The van der Waals surface area contributed by atoms with Crippen LogP contribution in [0.15, 0.2) is 100 Å². The number of esters is 2. The average molecular weight is 775 g/mol. The first-order valence-electron chi connectivity index (χ1n) is 18.9. The lowest BCUT2D eigenvalue weighted by Gasteiger charge is -2.36. The van der Waals surface area contributed by atoms with Crippen LogP contribution in [0.1, 0.15) is 87.1 Å². The summed E-state index contributed by atoms with van der Waals surface area (Å²) in [4.78, 5) is 35.3. The van der Waals surface area contributed by atoms with Crippen molar-refractivity contribution in [2.24, 2.45) is 10.8 Å². The summed E-state index contributed by atoms with van der Waals surface area (Å²) in [5.74, 6) is -0.844. The number of hydrogen-bond donors (Lipinski definition) is 2. The Morgan fingerprint density at radius 2 is 1.25 bits per heavy atom. The number of ether oxygens (including phenoxy) is 5. The number of cyclic esters (lactones) is 2. The summed E-state index contributed by atoms with van der Waals surface area (Å²) in [6.45, 7) is 11.0. The van der Waals surface area contributed by atoms with Gasteiger partial charge in [0, 0.05) is 36.9 Å². The smallest absolute Gasteiger partial charge is 0.360 e. The Morgan fingerprint density at radius 3 is 1.80 bits per heavy atom. The fourth-order valence-corrected chi connectivity index (χ4v) is 6.10. The van der Waals surface area contributed by atoms with E-state index < -0.39 is 53.3 Å². The maximum atomic E-state index is 13.4. The molecule has 3 aliphatic rings. The summed E-state index contributed by atoms with van der Waals surface area (Å²) < 4.78 is 40.3. The van der Waals surface area contributed by atoms with Crippen molar-refractivity contribution in [3.63, 3.8) is 0 Å². The molecule has 302 valence electrons. The minimum atomic E-state index is -0.884. The van der Waals surface area contributed by atoms with Gasteiger partial charge in [0.25, 0.3) is 0 Å². The molecule has 0 radical (unpaired) electrons. The highest BCUT2D eigenvalue weighted by molar-refractivity contribution is 5.87. The molecule has 13 nitrogen and oxygen atoms in total. The number of carbonyl (C=O) groups is 2. The van der Waals surface area contributed by atoms with Crippen LogP contribution in [-0.4, -0.2) is 94.2 Å². The van der Waals surface area contributed by atoms with E-state index in [0.717, 1.165) is 0 Å². The van der Waals surface area contributed by atoms with Gasteiger partial charge in [-0.15, -0.1) is 0 Å². The summed E-state index contributed by atoms with van der Waals surface area (Å²) in [5.41, 5.74) is -1.68. The maximum Gasteiger partial charge on any atom is 0.360 e. The molecule has 9 atom stereocenters. The molecule has 2 fully saturated rings. The third-order valence-electron chi connectivity index (χ3n) is 10.2. The molecule has 2 aromatic heterocycles. The number of fused-ring (bicyclic) bond motifs is 6. The Kier molecular flexibility index (Phi) is 14.4. The van der Waals surface area contributed by atoms with Crippen LogP contribution in [0, 0.1) is 10.8 Å². The predicted octanol–water partition coefficient (Wildman–Crippen LogP) is 6.46. The van der Waals surface area contributed by atoms with Crippen molar-refractivity contribution in [3.8, 4) is 0 Å². The van der Waals surface area contributed by atoms with Gasteiger partial charge in [-0.3, -0.25) is 0 Å². The number of methoxy groups -OCH3 is 1. The maximum absolute atomic E-state index is 13.4. The van der Waals surface area contributed by atoms with E-state index in [4.69, 9.17) is 32.5 Å². The Hall–Kier alpha value is -4.66. The number of epoxide rings is 2. The number of rotatable bonds is 7. The molecule has 0 aromatic carbocycles. The van der Waals surface area contributed by atoms with Crippen LogP contribution in [0.25, 0.3) is 6.08 Å². The zero-order valence-corrected chi connectivity index (χ0v) is 33.0. The third kappa shape index (κ3) is 11.2. The van der Waals surface area contributed by atoms with Crippen LogP contribution in [0.2, 0.25) is 0 Å². The van der Waals surface area contributed by atoms with Crippen molar-refractivity contribution in [1.82, 2.24) is 9.97 Å². The molecule has 3 aliphatic heterocycles. The van der Waals surface area contributed by atoms with Gasteiger partial charge in [-0.05, 0) is 13.8 Å². The molecule has 13 heteroatoms. The predicted molar refractivity (Wildman–Crippen MR) is 207 cm³/mol. The third-order valence-corrected chi connectivity index (χ3v) is 10.2. The summed E-state index contributed by atoms with van der Waals surface area (Å²) in [7, 11) is 1.56. The average Bonchev–Trinajstić information content (AvgIpc) is 3.96. The second-order valence-corrected chi connectivity index (χ2v) is 15.1. The van der Waals surface area contributed by atoms with E-state index in [9.17, 15) is 19.8 Å². The van der Waals surface area contributed by atoms with Crippen LogP contribution in [0.5, 0.6) is 0 Å². The second kappa shape index (κ2) is 19.0. The van der Waals surface area contributed by atoms with E-state index in [2.05, 4.69) is 9.97 Å². The van der Waals surface area contributed by atoms with Crippen LogP contribution in [0.3, 0.4) is 0 Å². The lowest BCUT2D eigenvalue weighted by molar-refractivity contribution is -0.0461. The summed E-state index contributed by atoms with van der Waals surface area (Å²) >= 11 is 0. The van der Waals surface area contributed by atoms with Gasteiger partial charge in [-0.1, -0.05) is 107 Å². The zero-order valence-electron chi connectivity index (χ0n) is 33.0. The van der Waals surface area contributed by atoms with E-state index in [0.29, 0.717) is 12.8 Å². The van der Waals surface area contributed by atoms with Gasteiger partial charge in [0.05, 0.1) is 24.7 Å². The Balaban J connectivity index is 1.37. The molecule has 4 bridgehead atoms. The van der Waals surface area contributed by atoms with Crippen molar-refractivity contribution in [1.29, 1.82) is 0 Å². The summed E-state index contributed by atoms with van der Waals surface area (Å²) in [6.07, 6.45) is 24.1. The van der Waals surface area contributed by atoms with Gasteiger partial charge < -0.3 is 42.7 Å². The highest BCUT2D eigenvalue weighted by Crippen LogP contribution is 2.35. The quantitative estimate of drug-likeness (QED) is 0.178. The summed E-state index contributed by atoms with van der Waals surface area (Å²) in [6, 6.07) is 0. The van der Waals surface area contributed by atoms with Crippen LogP contribution in [-0.2, 0) is 30.1 Å². The molecule has 2 saturated heterocycles.